The number of carbonyl (C=O) groups is 1. The Hall–Kier alpha value is -1.32. The lowest BCUT2D eigenvalue weighted by Gasteiger charge is -2.10. The Balaban J connectivity index is 0.00000576. The van der Waals surface area contributed by atoms with Crippen LogP contribution >= 0.6 is 24.0 Å². The van der Waals surface area contributed by atoms with Crippen LogP contribution in [0.5, 0.6) is 0 Å². The molecule has 1 rings (SSSR count). The lowest BCUT2D eigenvalue weighted by atomic mass is 9.99. The first-order valence-electron chi connectivity index (χ1n) is 8.70. The molecule has 1 aromatic heterocycles. The molecule has 1 aromatic rings. The maximum absolute atomic E-state index is 11.3. The van der Waals surface area contributed by atoms with Gasteiger partial charge in [0, 0.05) is 32.0 Å². The number of aliphatic imine (C=N–C) groups is 1. The SMILES string of the molecule is CCOC(=O)CCCNC(=NC)NCc1cc(C(CC)CC)no1.I. The number of aromatic nitrogens is 1. The molecule has 0 spiro atoms. The second kappa shape index (κ2) is 13.9. The van der Waals surface area contributed by atoms with Crippen molar-refractivity contribution in [1.82, 2.24) is 15.8 Å². The van der Waals surface area contributed by atoms with Crippen molar-refractivity contribution in [3.63, 3.8) is 0 Å². The van der Waals surface area contributed by atoms with Crippen LogP contribution in [-0.2, 0) is 16.1 Å². The summed E-state index contributed by atoms with van der Waals surface area (Å²) < 4.78 is 10.3. The molecule has 0 unspecified atom stereocenters. The van der Waals surface area contributed by atoms with Gasteiger partial charge in [0.25, 0.3) is 0 Å². The summed E-state index contributed by atoms with van der Waals surface area (Å²) in [5, 5.41) is 10.5. The van der Waals surface area contributed by atoms with E-state index < -0.39 is 0 Å². The summed E-state index contributed by atoms with van der Waals surface area (Å²) in [5.41, 5.74) is 1.01. The molecule has 0 radical (unpaired) electrons. The number of halogens is 1. The Bertz CT molecular complexity index is 516. The zero-order chi connectivity index (χ0) is 17.8. The van der Waals surface area contributed by atoms with Crippen molar-refractivity contribution in [3.05, 3.63) is 17.5 Å². The number of esters is 1. The van der Waals surface area contributed by atoms with E-state index in [0.717, 1.165) is 24.3 Å². The van der Waals surface area contributed by atoms with Crippen LogP contribution in [0.25, 0.3) is 0 Å². The molecule has 0 bridgehead atoms. The molecule has 1 heterocycles. The van der Waals surface area contributed by atoms with Gasteiger partial charge in [-0.15, -0.1) is 24.0 Å². The van der Waals surface area contributed by atoms with E-state index in [1.807, 2.05) is 6.07 Å². The molecule has 0 aliphatic heterocycles. The van der Waals surface area contributed by atoms with Crippen molar-refractivity contribution in [3.8, 4) is 0 Å². The Morgan fingerprint density at radius 3 is 2.64 bits per heavy atom. The molecule has 0 saturated carbocycles. The number of carbonyl (C=O) groups excluding carboxylic acids is 1. The molecule has 2 N–H and O–H groups in total. The summed E-state index contributed by atoms with van der Waals surface area (Å²) >= 11 is 0. The van der Waals surface area contributed by atoms with Crippen LogP contribution in [0.4, 0.5) is 0 Å². The van der Waals surface area contributed by atoms with Gasteiger partial charge in [0.1, 0.15) is 0 Å². The van der Waals surface area contributed by atoms with Crippen molar-refractivity contribution in [2.24, 2.45) is 4.99 Å². The molecule has 0 fully saturated rings. The Kier molecular flexibility index (Phi) is 13.2. The minimum atomic E-state index is -0.169. The van der Waals surface area contributed by atoms with Crippen molar-refractivity contribution in [1.29, 1.82) is 0 Å². The summed E-state index contributed by atoms with van der Waals surface area (Å²) in [6.45, 7) is 7.70. The predicted molar refractivity (Wildman–Crippen MR) is 109 cm³/mol. The third kappa shape index (κ3) is 9.08. The fourth-order valence-electron chi connectivity index (χ4n) is 2.38. The topological polar surface area (TPSA) is 88.8 Å². The average Bonchev–Trinajstić information content (AvgIpc) is 3.04. The van der Waals surface area contributed by atoms with E-state index in [2.05, 4.69) is 34.6 Å². The first-order chi connectivity index (χ1) is 11.6. The second-order valence-electron chi connectivity index (χ2n) is 5.49. The summed E-state index contributed by atoms with van der Waals surface area (Å²) in [6, 6.07) is 2.00. The standard InChI is InChI=1S/C17H30N4O3.HI/c1-5-13(6-2)15-11-14(24-21-15)12-20-17(18-4)19-10-8-9-16(22)23-7-3;/h11,13H,5-10,12H2,1-4H3,(H2,18,19,20);1H. The van der Waals surface area contributed by atoms with Gasteiger partial charge >= 0.3 is 5.97 Å². The zero-order valence-electron chi connectivity index (χ0n) is 15.6. The Morgan fingerprint density at radius 2 is 2.04 bits per heavy atom. The zero-order valence-corrected chi connectivity index (χ0v) is 18.0. The van der Waals surface area contributed by atoms with Crippen molar-refractivity contribution in [2.45, 2.75) is 58.9 Å². The van der Waals surface area contributed by atoms with E-state index in [1.165, 1.54) is 0 Å². The van der Waals surface area contributed by atoms with Gasteiger partial charge in [-0.05, 0) is 26.2 Å². The maximum Gasteiger partial charge on any atom is 0.305 e. The molecule has 8 heteroatoms. The Morgan fingerprint density at radius 1 is 1.32 bits per heavy atom. The van der Waals surface area contributed by atoms with Gasteiger partial charge in [0.2, 0.25) is 0 Å². The van der Waals surface area contributed by atoms with Crippen LogP contribution in [0, 0.1) is 0 Å². The highest BCUT2D eigenvalue weighted by atomic mass is 127. The quantitative estimate of drug-likeness (QED) is 0.181. The number of hydrogen-bond acceptors (Lipinski definition) is 5. The van der Waals surface area contributed by atoms with E-state index >= 15 is 0 Å². The van der Waals surface area contributed by atoms with Crippen LogP contribution in [0.15, 0.2) is 15.6 Å². The third-order valence-corrected chi connectivity index (χ3v) is 3.79. The Labute approximate surface area is 167 Å². The maximum atomic E-state index is 11.3. The lowest BCUT2D eigenvalue weighted by Crippen LogP contribution is -2.37. The summed E-state index contributed by atoms with van der Waals surface area (Å²) in [7, 11) is 1.71. The van der Waals surface area contributed by atoms with E-state index in [1.54, 1.807) is 14.0 Å². The molecule has 0 aliphatic rings. The van der Waals surface area contributed by atoms with Crippen molar-refractivity contribution in [2.75, 3.05) is 20.2 Å². The number of nitrogens with one attached hydrogen (secondary N) is 2. The summed E-state index contributed by atoms with van der Waals surface area (Å²) in [6.07, 6.45) is 3.21. The number of rotatable bonds is 10. The van der Waals surface area contributed by atoms with Gasteiger partial charge in [-0.1, -0.05) is 19.0 Å². The normalized spacial score (nSPS) is 11.2. The first-order valence-corrected chi connectivity index (χ1v) is 8.70. The molecule has 144 valence electrons. The molecule has 0 saturated heterocycles. The molecule has 0 aromatic carbocycles. The van der Waals surface area contributed by atoms with Gasteiger partial charge < -0.3 is 19.9 Å². The average molecular weight is 466 g/mol. The van der Waals surface area contributed by atoms with Crippen LogP contribution in [0.2, 0.25) is 0 Å². The molecule has 25 heavy (non-hydrogen) atoms. The smallest absolute Gasteiger partial charge is 0.305 e. The second-order valence-corrected chi connectivity index (χ2v) is 5.49. The minimum absolute atomic E-state index is 0. The number of nitrogens with zero attached hydrogens (tertiary/aromatic N) is 2. The first kappa shape index (κ1) is 23.7. The number of hydrogen-bond donors (Lipinski definition) is 2. The minimum Gasteiger partial charge on any atom is -0.466 e. The van der Waals surface area contributed by atoms with E-state index in [-0.39, 0.29) is 29.9 Å². The summed E-state index contributed by atoms with van der Waals surface area (Å²) in [5.74, 6) is 1.73. The fourth-order valence-corrected chi connectivity index (χ4v) is 2.38. The van der Waals surface area contributed by atoms with E-state index in [0.29, 0.717) is 44.4 Å². The number of guanidine groups is 1. The predicted octanol–water partition coefficient (Wildman–Crippen LogP) is 3.20. The van der Waals surface area contributed by atoms with Crippen LogP contribution in [-0.4, -0.2) is 37.3 Å². The highest BCUT2D eigenvalue weighted by molar-refractivity contribution is 14.0. The highest BCUT2D eigenvalue weighted by Crippen LogP contribution is 2.22. The van der Waals surface area contributed by atoms with Crippen LogP contribution in [0.1, 0.15) is 63.8 Å². The lowest BCUT2D eigenvalue weighted by molar-refractivity contribution is -0.143. The van der Waals surface area contributed by atoms with Crippen LogP contribution < -0.4 is 10.6 Å². The van der Waals surface area contributed by atoms with E-state index in [4.69, 9.17) is 9.26 Å². The molecule has 0 aliphatic carbocycles. The van der Waals surface area contributed by atoms with Gasteiger partial charge in [0.05, 0.1) is 18.8 Å². The van der Waals surface area contributed by atoms with Gasteiger partial charge in [-0.3, -0.25) is 9.79 Å². The fraction of sp³-hybridized carbons (Fsp3) is 0.706. The van der Waals surface area contributed by atoms with Crippen molar-refractivity contribution >= 4 is 35.9 Å². The largest absolute Gasteiger partial charge is 0.466 e. The third-order valence-electron chi connectivity index (χ3n) is 3.79. The molecule has 0 amide bonds. The highest BCUT2D eigenvalue weighted by Gasteiger charge is 2.13. The molecule has 7 nitrogen and oxygen atoms in total. The summed E-state index contributed by atoms with van der Waals surface area (Å²) in [4.78, 5) is 15.4. The van der Waals surface area contributed by atoms with Gasteiger partial charge in [-0.25, -0.2) is 0 Å². The number of ether oxygens (including phenoxy) is 1. The van der Waals surface area contributed by atoms with Gasteiger partial charge in [0.15, 0.2) is 11.7 Å². The molecular formula is C17H31IN4O3. The molecule has 0 atom stereocenters. The van der Waals surface area contributed by atoms with Crippen LogP contribution in [0.3, 0.4) is 0 Å². The molecular weight excluding hydrogens is 435 g/mol. The van der Waals surface area contributed by atoms with E-state index in [9.17, 15) is 4.79 Å². The monoisotopic (exact) mass is 466 g/mol. The van der Waals surface area contributed by atoms with Gasteiger partial charge in [-0.2, -0.15) is 0 Å². The van der Waals surface area contributed by atoms with Crippen molar-refractivity contribution < 1.29 is 14.1 Å².